The normalized spacial score (nSPS) is 27.9. The lowest BCUT2D eigenvalue weighted by molar-refractivity contribution is -0.0289. The molecule has 0 bridgehead atoms. The van der Waals surface area contributed by atoms with E-state index < -0.39 is 36.2 Å². The molecule has 0 spiro atoms. The molecule has 4 heterocycles. The number of hydrogen-bond donors (Lipinski definition) is 3. The van der Waals surface area contributed by atoms with Gasteiger partial charge in [0.2, 0.25) is 0 Å². The minimum atomic E-state index is -1.24. The topological polar surface area (TPSA) is 115 Å². The van der Waals surface area contributed by atoms with E-state index in [4.69, 9.17) is 9.47 Å². The van der Waals surface area contributed by atoms with Gasteiger partial charge in [-0.1, -0.05) is 0 Å². The largest absolute Gasteiger partial charge is 0.387 e. The molecule has 32 heavy (non-hydrogen) atoms. The predicted octanol–water partition coefficient (Wildman–Crippen LogP) is 1.72. The van der Waals surface area contributed by atoms with Gasteiger partial charge in [-0.05, 0) is 18.6 Å². The number of aromatic nitrogens is 4. The second kappa shape index (κ2) is 8.87. The van der Waals surface area contributed by atoms with Gasteiger partial charge >= 0.3 is 0 Å². The maximum Gasteiger partial charge on any atom is 0.167 e. The van der Waals surface area contributed by atoms with Crippen LogP contribution in [0.4, 0.5) is 14.6 Å². The number of aliphatic hydroxyl groups excluding tert-OH is 2. The second-order valence-electron chi connectivity index (χ2n) is 7.68. The monoisotopic (exact) mass is 465 g/mol. The third-order valence-electron chi connectivity index (χ3n) is 5.54. The van der Waals surface area contributed by atoms with Crippen molar-refractivity contribution in [2.24, 2.45) is 0 Å². The molecule has 1 unspecified atom stereocenters. The Morgan fingerprint density at radius 3 is 2.84 bits per heavy atom. The number of benzene rings is 1. The van der Waals surface area contributed by atoms with Gasteiger partial charge in [-0.2, -0.15) is 0 Å². The fourth-order valence-electron chi connectivity index (χ4n) is 3.85. The number of halogens is 2. The summed E-state index contributed by atoms with van der Waals surface area (Å²) in [5, 5.41) is 24.4. The Labute approximate surface area is 185 Å². The van der Waals surface area contributed by atoms with Crippen LogP contribution in [0, 0.1) is 11.6 Å². The summed E-state index contributed by atoms with van der Waals surface area (Å²) in [7, 11) is 0. The van der Waals surface area contributed by atoms with Crippen LogP contribution < -0.4 is 5.32 Å². The van der Waals surface area contributed by atoms with E-state index in [0.29, 0.717) is 30.2 Å². The van der Waals surface area contributed by atoms with E-state index in [2.05, 4.69) is 20.3 Å². The molecular weight excluding hydrogens is 444 g/mol. The van der Waals surface area contributed by atoms with E-state index in [9.17, 15) is 19.0 Å². The molecule has 2 aliphatic heterocycles. The summed E-state index contributed by atoms with van der Waals surface area (Å²) < 4.78 is 39.8. The molecule has 5 rings (SSSR count). The van der Waals surface area contributed by atoms with Crippen LogP contribution in [0.5, 0.6) is 0 Å². The molecule has 170 valence electrons. The SMILES string of the molecule is O[C@@H]1[C@H](O)[C@@H](CSc2ccc(F)cc2F)O[C@H]1n1cnc2c(NC3CCOC3)ncnc21. The first kappa shape index (κ1) is 21.5. The maximum atomic E-state index is 13.9. The Bertz CT molecular complexity index is 1110. The highest BCUT2D eigenvalue weighted by Crippen LogP contribution is 2.35. The zero-order chi connectivity index (χ0) is 22.2. The van der Waals surface area contributed by atoms with Gasteiger partial charge in [0.05, 0.1) is 25.1 Å². The number of nitrogens with zero attached hydrogens (tertiary/aromatic N) is 4. The predicted molar refractivity (Wildman–Crippen MR) is 111 cm³/mol. The molecule has 5 atom stereocenters. The molecule has 9 nitrogen and oxygen atoms in total. The van der Waals surface area contributed by atoms with Crippen molar-refractivity contribution in [3.05, 3.63) is 42.5 Å². The van der Waals surface area contributed by atoms with Gasteiger partial charge in [0, 0.05) is 23.3 Å². The summed E-state index contributed by atoms with van der Waals surface area (Å²) in [5.74, 6) is -0.642. The van der Waals surface area contributed by atoms with Crippen LogP contribution in [-0.4, -0.2) is 73.1 Å². The van der Waals surface area contributed by atoms with E-state index in [1.165, 1.54) is 18.7 Å². The number of rotatable bonds is 6. The van der Waals surface area contributed by atoms with Gasteiger partial charge in [-0.25, -0.2) is 23.7 Å². The molecule has 12 heteroatoms. The molecule has 3 aromatic rings. The van der Waals surface area contributed by atoms with Crippen molar-refractivity contribution >= 4 is 28.7 Å². The van der Waals surface area contributed by atoms with Crippen LogP contribution in [0.1, 0.15) is 12.6 Å². The summed E-state index contributed by atoms with van der Waals surface area (Å²) in [6.45, 7) is 1.26. The summed E-state index contributed by atoms with van der Waals surface area (Å²) in [5.41, 5.74) is 0.950. The quantitative estimate of drug-likeness (QED) is 0.468. The molecule has 2 saturated heterocycles. The molecule has 1 aromatic carbocycles. The van der Waals surface area contributed by atoms with Crippen molar-refractivity contribution in [3.8, 4) is 0 Å². The summed E-state index contributed by atoms with van der Waals surface area (Å²) in [6.07, 6.45) is -0.439. The van der Waals surface area contributed by atoms with Gasteiger partial charge in [0.1, 0.15) is 30.2 Å². The summed E-state index contributed by atoms with van der Waals surface area (Å²) in [4.78, 5) is 13.1. The first-order valence-corrected chi connectivity index (χ1v) is 11.1. The molecule has 0 aliphatic carbocycles. The van der Waals surface area contributed by atoms with Crippen molar-refractivity contribution in [1.29, 1.82) is 0 Å². The van der Waals surface area contributed by atoms with E-state index in [1.54, 1.807) is 4.57 Å². The average molecular weight is 465 g/mol. The highest BCUT2D eigenvalue weighted by Gasteiger charge is 2.44. The Morgan fingerprint density at radius 2 is 2.06 bits per heavy atom. The minimum absolute atomic E-state index is 0.127. The van der Waals surface area contributed by atoms with Crippen molar-refractivity contribution in [3.63, 3.8) is 0 Å². The first-order valence-electron chi connectivity index (χ1n) is 10.1. The van der Waals surface area contributed by atoms with Crippen molar-refractivity contribution < 1.29 is 28.5 Å². The van der Waals surface area contributed by atoms with Gasteiger partial charge in [0.15, 0.2) is 23.2 Å². The molecular formula is C20H21F2N5O4S. The molecule has 2 fully saturated rings. The van der Waals surface area contributed by atoms with Crippen LogP contribution in [0.3, 0.4) is 0 Å². The number of ether oxygens (including phenoxy) is 2. The van der Waals surface area contributed by atoms with Gasteiger partial charge in [-0.3, -0.25) is 4.57 Å². The number of fused-ring (bicyclic) bond motifs is 1. The lowest BCUT2D eigenvalue weighted by Crippen LogP contribution is -2.32. The van der Waals surface area contributed by atoms with Gasteiger partial charge < -0.3 is 25.0 Å². The Kier molecular flexibility index (Phi) is 5.95. The lowest BCUT2D eigenvalue weighted by Gasteiger charge is -2.17. The Morgan fingerprint density at radius 1 is 1.19 bits per heavy atom. The number of thioether (sulfide) groups is 1. The fraction of sp³-hybridized carbons (Fsp3) is 0.450. The highest BCUT2D eigenvalue weighted by molar-refractivity contribution is 7.99. The van der Waals surface area contributed by atoms with Crippen LogP contribution in [0.15, 0.2) is 35.7 Å². The zero-order valence-corrected chi connectivity index (χ0v) is 17.6. The van der Waals surface area contributed by atoms with Crippen LogP contribution in [-0.2, 0) is 9.47 Å². The van der Waals surface area contributed by atoms with E-state index in [1.807, 2.05) is 0 Å². The summed E-state index contributed by atoms with van der Waals surface area (Å²) in [6, 6.07) is 3.42. The molecule has 0 radical (unpaired) electrons. The number of nitrogens with one attached hydrogen (secondary N) is 1. The van der Waals surface area contributed by atoms with E-state index in [-0.39, 0.29) is 16.7 Å². The number of aliphatic hydroxyl groups is 2. The van der Waals surface area contributed by atoms with Gasteiger partial charge in [0.25, 0.3) is 0 Å². The second-order valence-corrected chi connectivity index (χ2v) is 8.75. The standard InChI is InChI=1S/C20H21F2N5O4S/c21-10-1-2-14(12(22)5-10)32-7-13-16(28)17(29)20(31-13)27-9-25-15-18(23-8-24-19(15)27)26-11-3-4-30-6-11/h1-2,5,8-9,11,13,16-17,20,28-29H,3-4,6-7H2,(H,23,24,26)/t11?,13-,16-,17-,20-/m1/s1. The number of imidazole rings is 1. The summed E-state index contributed by atoms with van der Waals surface area (Å²) >= 11 is 1.07. The first-order chi connectivity index (χ1) is 15.5. The van der Waals surface area contributed by atoms with Crippen LogP contribution in [0.2, 0.25) is 0 Å². The third kappa shape index (κ3) is 4.04. The van der Waals surface area contributed by atoms with Crippen molar-refractivity contribution in [1.82, 2.24) is 19.5 Å². The maximum absolute atomic E-state index is 13.9. The Balaban J connectivity index is 1.33. The molecule has 0 amide bonds. The van der Waals surface area contributed by atoms with Crippen molar-refractivity contribution in [2.75, 3.05) is 24.3 Å². The van der Waals surface area contributed by atoms with Crippen LogP contribution in [0.25, 0.3) is 11.2 Å². The van der Waals surface area contributed by atoms with E-state index >= 15 is 0 Å². The molecule has 2 aliphatic rings. The number of anilines is 1. The fourth-order valence-corrected chi connectivity index (χ4v) is 4.83. The highest BCUT2D eigenvalue weighted by atomic mass is 32.2. The van der Waals surface area contributed by atoms with Crippen LogP contribution >= 0.6 is 11.8 Å². The third-order valence-corrected chi connectivity index (χ3v) is 6.67. The number of hydrogen-bond acceptors (Lipinski definition) is 9. The van der Waals surface area contributed by atoms with E-state index in [0.717, 1.165) is 30.3 Å². The van der Waals surface area contributed by atoms with Crippen molar-refractivity contribution in [2.45, 2.75) is 41.9 Å². The Hall–Kier alpha value is -2.38. The van der Waals surface area contributed by atoms with Gasteiger partial charge in [-0.15, -0.1) is 11.8 Å². The zero-order valence-electron chi connectivity index (χ0n) is 16.8. The average Bonchev–Trinajstić information content (AvgIpc) is 3.50. The minimum Gasteiger partial charge on any atom is -0.387 e. The lowest BCUT2D eigenvalue weighted by atomic mass is 10.1. The smallest absolute Gasteiger partial charge is 0.167 e. The molecule has 0 saturated carbocycles. The molecule has 3 N–H and O–H groups in total. The molecule has 2 aromatic heterocycles.